The van der Waals surface area contributed by atoms with Crippen LogP contribution < -0.4 is 15.4 Å². The molecule has 1 aromatic carbocycles. The summed E-state index contributed by atoms with van der Waals surface area (Å²) in [6, 6.07) is 10.0. The summed E-state index contributed by atoms with van der Waals surface area (Å²) in [5.74, 6) is 2.18. The third-order valence-corrected chi connectivity index (χ3v) is 6.27. The Labute approximate surface area is 190 Å². The number of ether oxygens (including phenoxy) is 1. The van der Waals surface area contributed by atoms with Gasteiger partial charge < -0.3 is 20.3 Å². The van der Waals surface area contributed by atoms with E-state index in [1.54, 1.807) is 7.11 Å². The van der Waals surface area contributed by atoms with Crippen LogP contribution >= 0.6 is 0 Å². The summed E-state index contributed by atoms with van der Waals surface area (Å²) in [6.45, 7) is 4.91. The average Bonchev–Trinajstić information content (AvgIpc) is 3.59. The summed E-state index contributed by atoms with van der Waals surface area (Å²) in [6.07, 6.45) is 7.39. The first-order chi connectivity index (χ1) is 15.7. The molecule has 1 saturated heterocycles. The zero-order chi connectivity index (χ0) is 22.3. The number of hydrogen-bond donors (Lipinski definition) is 2. The first kappa shape index (κ1) is 22.2. The number of aromatic nitrogens is 2. The number of rotatable bonds is 7. The van der Waals surface area contributed by atoms with Crippen molar-refractivity contribution >= 4 is 11.9 Å². The summed E-state index contributed by atoms with van der Waals surface area (Å²) < 4.78 is 7.06. The fourth-order valence-electron chi connectivity index (χ4n) is 4.51. The number of benzene rings is 1. The number of methoxy groups -OCH3 is 1. The number of amides is 1. The fourth-order valence-corrected chi connectivity index (χ4v) is 4.51. The molecule has 2 aliphatic rings. The molecule has 1 unspecified atom stereocenters. The Kier molecular flexibility index (Phi) is 7.29. The highest BCUT2D eigenvalue weighted by molar-refractivity contribution is 5.81. The minimum atomic E-state index is 0.231. The van der Waals surface area contributed by atoms with Gasteiger partial charge >= 0.3 is 0 Å². The van der Waals surface area contributed by atoms with E-state index in [0.29, 0.717) is 12.5 Å². The van der Waals surface area contributed by atoms with Crippen molar-refractivity contribution < 1.29 is 9.53 Å². The molecule has 1 aliphatic heterocycles. The summed E-state index contributed by atoms with van der Waals surface area (Å²) in [4.78, 5) is 19.5. The van der Waals surface area contributed by atoms with E-state index in [1.165, 1.54) is 12.8 Å². The van der Waals surface area contributed by atoms with Crippen LogP contribution in [0.25, 0.3) is 5.69 Å². The monoisotopic (exact) mass is 438 g/mol. The molecule has 0 bridgehead atoms. The predicted octanol–water partition coefficient (Wildman–Crippen LogP) is 2.73. The molecule has 2 N–H and O–H groups in total. The topological polar surface area (TPSA) is 83.8 Å². The number of carbonyl (C=O) groups excluding carboxylic acids is 1. The van der Waals surface area contributed by atoms with Crippen molar-refractivity contribution in [3.63, 3.8) is 0 Å². The number of nitrogens with one attached hydrogen (secondary N) is 2. The number of aliphatic imine (C=N–C) groups is 1. The number of hydrogen-bond acceptors (Lipinski definition) is 4. The lowest BCUT2D eigenvalue weighted by Crippen LogP contribution is -2.45. The molecule has 1 amide bonds. The Morgan fingerprint density at radius 2 is 1.97 bits per heavy atom. The van der Waals surface area contributed by atoms with Crippen LogP contribution in [-0.2, 0) is 11.3 Å². The Hall–Kier alpha value is -3.03. The molecule has 4 rings (SSSR count). The third kappa shape index (κ3) is 5.41. The van der Waals surface area contributed by atoms with E-state index in [0.717, 1.165) is 62.0 Å². The lowest BCUT2D eigenvalue weighted by molar-refractivity contribution is -0.134. The van der Waals surface area contributed by atoms with E-state index >= 15 is 0 Å². The number of carbonyl (C=O) groups is 1. The van der Waals surface area contributed by atoms with Gasteiger partial charge in [0.15, 0.2) is 5.96 Å². The fraction of sp³-hybridized carbons (Fsp3) is 0.542. The Balaban J connectivity index is 1.33. The molecular formula is C24H34N6O2. The molecule has 0 radical (unpaired) electrons. The lowest BCUT2D eigenvalue weighted by atomic mass is 10.1. The van der Waals surface area contributed by atoms with Gasteiger partial charge in [-0.2, -0.15) is 5.10 Å². The van der Waals surface area contributed by atoms with Gasteiger partial charge in [0.1, 0.15) is 5.75 Å². The second-order valence-corrected chi connectivity index (χ2v) is 8.54. The molecule has 2 heterocycles. The quantitative estimate of drug-likeness (QED) is 0.513. The van der Waals surface area contributed by atoms with Crippen molar-refractivity contribution in [3.8, 4) is 11.4 Å². The van der Waals surface area contributed by atoms with E-state index in [4.69, 9.17) is 9.73 Å². The summed E-state index contributed by atoms with van der Waals surface area (Å²) in [7, 11) is 1.66. The molecule has 1 aromatic heterocycles. The largest absolute Gasteiger partial charge is 0.497 e. The smallest absolute Gasteiger partial charge is 0.225 e. The predicted molar refractivity (Wildman–Crippen MR) is 125 cm³/mol. The molecule has 2 fully saturated rings. The van der Waals surface area contributed by atoms with Gasteiger partial charge in [-0.3, -0.25) is 4.79 Å². The third-order valence-electron chi connectivity index (χ3n) is 6.27. The number of guanidine groups is 1. The van der Waals surface area contributed by atoms with Gasteiger partial charge in [-0.25, -0.2) is 9.67 Å². The molecule has 32 heavy (non-hydrogen) atoms. The highest BCUT2D eigenvalue weighted by Crippen LogP contribution is 2.27. The Morgan fingerprint density at radius 3 is 2.69 bits per heavy atom. The molecule has 8 nitrogen and oxygen atoms in total. The van der Waals surface area contributed by atoms with Crippen LogP contribution in [0.2, 0.25) is 0 Å². The van der Waals surface area contributed by atoms with Gasteiger partial charge in [-0.1, -0.05) is 12.8 Å². The molecule has 0 spiro atoms. The first-order valence-corrected chi connectivity index (χ1v) is 11.7. The van der Waals surface area contributed by atoms with Crippen LogP contribution in [0.15, 0.2) is 41.5 Å². The zero-order valence-corrected chi connectivity index (χ0v) is 19.1. The maximum absolute atomic E-state index is 12.7. The maximum atomic E-state index is 12.7. The van der Waals surface area contributed by atoms with Crippen LogP contribution in [0.1, 0.15) is 44.7 Å². The molecule has 1 aliphatic carbocycles. The molecule has 8 heteroatoms. The molecular weight excluding hydrogens is 404 g/mol. The molecule has 2 aromatic rings. The lowest BCUT2D eigenvalue weighted by Gasteiger charge is -2.21. The number of likely N-dealkylation sites (tertiary alicyclic amines) is 1. The van der Waals surface area contributed by atoms with E-state index in [9.17, 15) is 4.79 Å². The van der Waals surface area contributed by atoms with E-state index in [2.05, 4.69) is 22.7 Å². The van der Waals surface area contributed by atoms with Crippen LogP contribution in [0.3, 0.4) is 0 Å². The molecule has 1 atom stereocenters. The van der Waals surface area contributed by atoms with Crippen LogP contribution in [0, 0.1) is 5.92 Å². The van der Waals surface area contributed by atoms with E-state index in [-0.39, 0.29) is 12.0 Å². The SMILES string of the molecule is CCNC(=NCc1ccn(-c2ccc(OC)cc2)n1)NC1CCN(C(=O)C2CCCC2)C1. The minimum Gasteiger partial charge on any atom is -0.497 e. The summed E-state index contributed by atoms with van der Waals surface area (Å²) in [5.41, 5.74) is 1.87. The van der Waals surface area contributed by atoms with Crippen LogP contribution in [0.4, 0.5) is 0 Å². The second-order valence-electron chi connectivity index (χ2n) is 8.54. The highest BCUT2D eigenvalue weighted by Gasteiger charge is 2.32. The van der Waals surface area contributed by atoms with Crippen molar-refractivity contribution in [3.05, 3.63) is 42.2 Å². The second kappa shape index (κ2) is 10.5. The van der Waals surface area contributed by atoms with Gasteiger partial charge in [0.2, 0.25) is 5.91 Å². The van der Waals surface area contributed by atoms with E-state index < -0.39 is 0 Å². The Morgan fingerprint density at radius 1 is 1.19 bits per heavy atom. The van der Waals surface area contributed by atoms with Gasteiger partial charge in [0.05, 0.1) is 25.0 Å². The summed E-state index contributed by atoms with van der Waals surface area (Å²) >= 11 is 0. The Bertz CT molecular complexity index is 917. The van der Waals surface area contributed by atoms with Crippen LogP contribution in [-0.4, -0.2) is 59.3 Å². The average molecular weight is 439 g/mol. The van der Waals surface area contributed by atoms with Crippen molar-refractivity contribution in [2.24, 2.45) is 10.9 Å². The standard InChI is InChI=1S/C24H34N6O2/c1-3-25-24(27-20-12-14-29(17-20)23(31)18-6-4-5-7-18)26-16-19-13-15-30(28-19)21-8-10-22(32-2)11-9-21/h8-11,13,15,18,20H,3-7,12,14,16-17H2,1-2H3,(H2,25,26,27). The highest BCUT2D eigenvalue weighted by atomic mass is 16.5. The van der Waals surface area contributed by atoms with Gasteiger partial charge in [0.25, 0.3) is 0 Å². The van der Waals surface area contributed by atoms with Crippen molar-refractivity contribution in [2.45, 2.75) is 51.6 Å². The maximum Gasteiger partial charge on any atom is 0.225 e. The normalized spacial score (nSPS) is 19.4. The van der Waals surface area contributed by atoms with Crippen LogP contribution in [0.5, 0.6) is 5.75 Å². The first-order valence-electron chi connectivity index (χ1n) is 11.7. The minimum absolute atomic E-state index is 0.231. The molecule has 1 saturated carbocycles. The number of nitrogens with zero attached hydrogens (tertiary/aromatic N) is 4. The van der Waals surface area contributed by atoms with Crippen molar-refractivity contribution in [2.75, 3.05) is 26.7 Å². The van der Waals surface area contributed by atoms with E-state index in [1.807, 2.05) is 46.1 Å². The van der Waals surface area contributed by atoms with Gasteiger partial charge in [0, 0.05) is 37.8 Å². The van der Waals surface area contributed by atoms with Crippen molar-refractivity contribution in [1.82, 2.24) is 25.3 Å². The zero-order valence-electron chi connectivity index (χ0n) is 19.1. The van der Waals surface area contributed by atoms with Crippen molar-refractivity contribution in [1.29, 1.82) is 0 Å². The van der Waals surface area contributed by atoms with Gasteiger partial charge in [-0.05, 0) is 56.5 Å². The summed E-state index contributed by atoms with van der Waals surface area (Å²) in [5, 5.41) is 11.5. The van der Waals surface area contributed by atoms with Gasteiger partial charge in [-0.15, -0.1) is 0 Å². The molecule has 172 valence electrons.